The molecule has 11 heavy (non-hydrogen) atoms. The third kappa shape index (κ3) is 2.10. The molecule has 1 atom stereocenters. The van der Waals surface area contributed by atoms with Gasteiger partial charge in [-0.3, -0.25) is 0 Å². The van der Waals surface area contributed by atoms with E-state index in [0.29, 0.717) is 6.42 Å². The Morgan fingerprint density at radius 3 is 2.55 bits per heavy atom. The second-order valence-corrected chi connectivity index (χ2v) is 2.33. The van der Waals surface area contributed by atoms with Gasteiger partial charge in [0, 0.05) is 6.42 Å². The fraction of sp³-hybridized carbons (Fsp3) is 0.200. The van der Waals surface area contributed by atoms with Gasteiger partial charge in [0.15, 0.2) is 0 Å². The van der Waals surface area contributed by atoms with E-state index in [9.17, 15) is 5.11 Å². The number of terminal acetylenes is 1. The van der Waals surface area contributed by atoms with E-state index in [0.717, 1.165) is 5.56 Å². The monoisotopic (exact) mass is 146 g/mol. The lowest BCUT2D eigenvalue weighted by molar-refractivity contribution is 0.184. The number of aliphatic hydroxyl groups is 1. The number of aliphatic hydroxyl groups excluding tert-OH is 1. The SMILES string of the molecule is C#CC[C@@H](O)c1ccccc1. The predicted molar refractivity (Wildman–Crippen MR) is 44.9 cm³/mol. The summed E-state index contributed by atoms with van der Waals surface area (Å²) in [6, 6.07) is 9.40. The van der Waals surface area contributed by atoms with Gasteiger partial charge in [0.05, 0.1) is 6.10 Å². The molecular formula is C10H10O. The van der Waals surface area contributed by atoms with E-state index in [4.69, 9.17) is 6.42 Å². The maximum Gasteiger partial charge on any atom is 0.0899 e. The Kier molecular flexibility index (Phi) is 2.71. The van der Waals surface area contributed by atoms with Crippen LogP contribution in [0.1, 0.15) is 18.1 Å². The Morgan fingerprint density at radius 2 is 2.00 bits per heavy atom. The predicted octanol–water partition coefficient (Wildman–Crippen LogP) is 1.74. The first kappa shape index (κ1) is 7.84. The first-order valence-corrected chi connectivity index (χ1v) is 3.51. The third-order valence-electron chi connectivity index (χ3n) is 1.50. The third-order valence-corrected chi connectivity index (χ3v) is 1.50. The van der Waals surface area contributed by atoms with Crippen LogP contribution in [0, 0.1) is 12.3 Å². The molecule has 0 spiro atoms. The average molecular weight is 146 g/mol. The molecule has 0 saturated carbocycles. The molecule has 1 aromatic rings. The Hall–Kier alpha value is -1.26. The van der Waals surface area contributed by atoms with E-state index in [1.165, 1.54) is 0 Å². The molecule has 0 amide bonds. The summed E-state index contributed by atoms with van der Waals surface area (Å²) in [4.78, 5) is 0. The van der Waals surface area contributed by atoms with Gasteiger partial charge in [0.2, 0.25) is 0 Å². The van der Waals surface area contributed by atoms with E-state index in [-0.39, 0.29) is 0 Å². The summed E-state index contributed by atoms with van der Waals surface area (Å²) in [5, 5.41) is 9.38. The van der Waals surface area contributed by atoms with Crippen molar-refractivity contribution >= 4 is 0 Å². The van der Waals surface area contributed by atoms with Crippen molar-refractivity contribution in [2.75, 3.05) is 0 Å². The van der Waals surface area contributed by atoms with Crippen LogP contribution in [-0.4, -0.2) is 5.11 Å². The zero-order valence-electron chi connectivity index (χ0n) is 6.20. The first-order chi connectivity index (χ1) is 5.34. The lowest BCUT2D eigenvalue weighted by Gasteiger charge is -2.05. The summed E-state index contributed by atoms with van der Waals surface area (Å²) in [5.41, 5.74) is 0.880. The summed E-state index contributed by atoms with van der Waals surface area (Å²) in [6.07, 6.45) is 4.92. The molecule has 0 radical (unpaired) electrons. The van der Waals surface area contributed by atoms with Crippen LogP contribution in [0.2, 0.25) is 0 Å². The second kappa shape index (κ2) is 3.80. The van der Waals surface area contributed by atoms with Gasteiger partial charge in [0.1, 0.15) is 0 Å². The molecule has 0 heterocycles. The van der Waals surface area contributed by atoms with Gasteiger partial charge in [-0.2, -0.15) is 0 Å². The lowest BCUT2D eigenvalue weighted by atomic mass is 10.1. The van der Waals surface area contributed by atoms with Crippen molar-refractivity contribution in [1.29, 1.82) is 0 Å². The largest absolute Gasteiger partial charge is 0.387 e. The Balaban J connectivity index is 2.70. The van der Waals surface area contributed by atoms with Crippen molar-refractivity contribution < 1.29 is 5.11 Å². The van der Waals surface area contributed by atoms with Crippen LogP contribution >= 0.6 is 0 Å². The van der Waals surface area contributed by atoms with Gasteiger partial charge >= 0.3 is 0 Å². The van der Waals surface area contributed by atoms with Gasteiger partial charge in [-0.05, 0) is 5.56 Å². The average Bonchev–Trinajstić information content (AvgIpc) is 2.07. The van der Waals surface area contributed by atoms with Gasteiger partial charge in [-0.15, -0.1) is 12.3 Å². The summed E-state index contributed by atoms with van der Waals surface area (Å²) >= 11 is 0. The van der Waals surface area contributed by atoms with Gasteiger partial charge in [-0.25, -0.2) is 0 Å². The van der Waals surface area contributed by atoms with Crippen molar-refractivity contribution in [3.63, 3.8) is 0 Å². The van der Waals surface area contributed by atoms with E-state index >= 15 is 0 Å². The minimum atomic E-state index is -0.513. The highest BCUT2D eigenvalue weighted by Crippen LogP contribution is 2.14. The molecule has 0 saturated heterocycles. The quantitative estimate of drug-likeness (QED) is 0.630. The molecule has 1 rings (SSSR count). The van der Waals surface area contributed by atoms with E-state index in [1.54, 1.807) is 0 Å². The van der Waals surface area contributed by atoms with Crippen LogP contribution in [-0.2, 0) is 0 Å². The zero-order valence-corrected chi connectivity index (χ0v) is 6.20. The molecule has 1 aromatic carbocycles. The van der Waals surface area contributed by atoms with E-state index in [1.807, 2.05) is 30.3 Å². The van der Waals surface area contributed by atoms with Crippen LogP contribution in [0.25, 0.3) is 0 Å². The fourth-order valence-electron chi connectivity index (χ4n) is 0.905. The molecular weight excluding hydrogens is 136 g/mol. The van der Waals surface area contributed by atoms with Crippen LogP contribution in [0.4, 0.5) is 0 Å². The number of rotatable bonds is 2. The molecule has 56 valence electrons. The van der Waals surface area contributed by atoms with Crippen LogP contribution in [0.15, 0.2) is 30.3 Å². The molecule has 1 heteroatoms. The zero-order chi connectivity index (χ0) is 8.10. The maximum atomic E-state index is 9.38. The lowest BCUT2D eigenvalue weighted by Crippen LogP contribution is -1.94. The van der Waals surface area contributed by atoms with Crippen molar-refractivity contribution in [3.8, 4) is 12.3 Å². The molecule has 1 N–H and O–H groups in total. The van der Waals surface area contributed by atoms with Gasteiger partial charge < -0.3 is 5.11 Å². The number of benzene rings is 1. The number of hydrogen-bond donors (Lipinski definition) is 1. The van der Waals surface area contributed by atoms with Crippen molar-refractivity contribution in [2.24, 2.45) is 0 Å². The molecule has 1 nitrogen and oxygen atoms in total. The Bertz CT molecular complexity index is 245. The minimum absolute atomic E-state index is 0.379. The number of hydrogen-bond acceptors (Lipinski definition) is 1. The molecule has 0 unspecified atom stereocenters. The Morgan fingerprint density at radius 1 is 1.36 bits per heavy atom. The molecule has 0 aliphatic carbocycles. The first-order valence-electron chi connectivity index (χ1n) is 3.51. The molecule has 0 fully saturated rings. The van der Waals surface area contributed by atoms with Crippen molar-refractivity contribution in [2.45, 2.75) is 12.5 Å². The van der Waals surface area contributed by atoms with Crippen LogP contribution in [0.5, 0.6) is 0 Å². The topological polar surface area (TPSA) is 20.2 Å². The molecule has 0 bridgehead atoms. The second-order valence-electron chi connectivity index (χ2n) is 2.33. The molecule has 0 aliphatic heterocycles. The molecule has 0 aromatic heterocycles. The van der Waals surface area contributed by atoms with Gasteiger partial charge in [0.25, 0.3) is 0 Å². The summed E-state index contributed by atoms with van der Waals surface area (Å²) in [6.45, 7) is 0. The van der Waals surface area contributed by atoms with Crippen LogP contribution < -0.4 is 0 Å². The summed E-state index contributed by atoms with van der Waals surface area (Å²) in [5.74, 6) is 2.42. The fourth-order valence-corrected chi connectivity index (χ4v) is 0.905. The standard InChI is InChI=1S/C10H10O/c1-2-6-10(11)9-7-4-3-5-8-9/h1,3-5,7-8,10-11H,6H2/t10-/m1/s1. The van der Waals surface area contributed by atoms with Crippen molar-refractivity contribution in [1.82, 2.24) is 0 Å². The summed E-state index contributed by atoms with van der Waals surface area (Å²) < 4.78 is 0. The Labute approximate surface area is 66.7 Å². The highest BCUT2D eigenvalue weighted by Gasteiger charge is 2.02. The minimum Gasteiger partial charge on any atom is -0.387 e. The van der Waals surface area contributed by atoms with E-state index < -0.39 is 6.10 Å². The van der Waals surface area contributed by atoms with Crippen LogP contribution in [0.3, 0.4) is 0 Å². The smallest absolute Gasteiger partial charge is 0.0899 e. The highest BCUT2D eigenvalue weighted by atomic mass is 16.3. The summed E-state index contributed by atoms with van der Waals surface area (Å²) in [7, 11) is 0. The normalized spacial score (nSPS) is 12.0. The molecule has 0 aliphatic rings. The van der Waals surface area contributed by atoms with Crippen molar-refractivity contribution in [3.05, 3.63) is 35.9 Å². The van der Waals surface area contributed by atoms with E-state index in [2.05, 4.69) is 5.92 Å². The highest BCUT2D eigenvalue weighted by molar-refractivity contribution is 5.18. The maximum absolute atomic E-state index is 9.38. The van der Waals surface area contributed by atoms with Gasteiger partial charge in [-0.1, -0.05) is 30.3 Å².